The molecule has 1 amide bonds. The summed E-state index contributed by atoms with van der Waals surface area (Å²) in [5.41, 5.74) is 1.70. The lowest BCUT2D eigenvalue weighted by molar-refractivity contribution is -0.120. The standard InChI is InChI=1S/C18H19ClN2O3/c1-23-17-7-6-12(19)10-15(17)20-11-18(22)21-14-8-9-24-16-5-3-2-4-13(14)16/h2-7,10,14,20H,8-9,11H2,1H3,(H,21,22). The van der Waals surface area contributed by atoms with Crippen molar-refractivity contribution in [1.82, 2.24) is 5.32 Å². The molecule has 1 aliphatic rings. The molecule has 0 aromatic heterocycles. The minimum Gasteiger partial charge on any atom is -0.495 e. The van der Waals surface area contributed by atoms with Crippen LogP contribution in [-0.2, 0) is 4.79 Å². The Balaban J connectivity index is 1.62. The summed E-state index contributed by atoms with van der Waals surface area (Å²) in [5, 5.41) is 6.69. The molecular formula is C18H19ClN2O3. The topological polar surface area (TPSA) is 59.6 Å². The molecule has 1 heterocycles. The predicted octanol–water partition coefficient (Wildman–Crippen LogP) is 3.40. The molecule has 6 heteroatoms. The first kappa shape index (κ1) is 16.5. The fourth-order valence-electron chi connectivity index (χ4n) is 2.73. The molecule has 126 valence electrons. The fraction of sp³-hybridized carbons (Fsp3) is 0.278. The number of hydrogen-bond donors (Lipinski definition) is 2. The van der Waals surface area contributed by atoms with E-state index in [4.69, 9.17) is 21.1 Å². The number of halogens is 1. The largest absolute Gasteiger partial charge is 0.495 e. The molecule has 1 atom stereocenters. The van der Waals surface area contributed by atoms with E-state index in [1.165, 1.54) is 0 Å². The van der Waals surface area contributed by atoms with Gasteiger partial charge in [-0.2, -0.15) is 0 Å². The molecule has 3 rings (SSSR count). The average Bonchev–Trinajstić information content (AvgIpc) is 2.60. The summed E-state index contributed by atoms with van der Waals surface area (Å²) in [5.74, 6) is 1.38. The van der Waals surface area contributed by atoms with Gasteiger partial charge in [0, 0.05) is 17.0 Å². The average molecular weight is 347 g/mol. The van der Waals surface area contributed by atoms with Crippen molar-refractivity contribution in [2.45, 2.75) is 12.5 Å². The van der Waals surface area contributed by atoms with E-state index >= 15 is 0 Å². The number of benzene rings is 2. The Morgan fingerprint density at radius 1 is 1.33 bits per heavy atom. The van der Waals surface area contributed by atoms with E-state index in [0.717, 1.165) is 17.7 Å². The molecule has 2 aromatic rings. The van der Waals surface area contributed by atoms with E-state index in [2.05, 4.69) is 10.6 Å². The zero-order valence-corrected chi connectivity index (χ0v) is 14.1. The molecule has 2 N–H and O–H groups in total. The van der Waals surface area contributed by atoms with Crippen LogP contribution in [0.25, 0.3) is 0 Å². The number of rotatable bonds is 5. The minimum atomic E-state index is -0.0984. The second-order valence-electron chi connectivity index (χ2n) is 5.49. The van der Waals surface area contributed by atoms with Crippen LogP contribution in [0.5, 0.6) is 11.5 Å². The first-order chi connectivity index (χ1) is 11.7. The van der Waals surface area contributed by atoms with E-state index in [1.54, 1.807) is 25.3 Å². The van der Waals surface area contributed by atoms with Crippen molar-refractivity contribution in [3.05, 3.63) is 53.1 Å². The van der Waals surface area contributed by atoms with Gasteiger partial charge in [-0.1, -0.05) is 29.8 Å². The zero-order chi connectivity index (χ0) is 16.9. The monoisotopic (exact) mass is 346 g/mol. The van der Waals surface area contributed by atoms with E-state index in [0.29, 0.717) is 23.1 Å². The zero-order valence-electron chi connectivity index (χ0n) is 13.3. The third-order valence-electron chi connectivity index (χ3n) is 3.89. The van der Waals surface area contributed by atoms with Crippen LogP contribution in [0.4, 0.5) is 5.69 Å². The molecule has 0 radical (unpaired) electrons. The SMILES string of the molecule is COc1ccc(Cl)cc1NCC(=O)NC1CCOc2ccccc21. The maximum Gasteiger partial charge on any atom is 0.239 e. The first-order valence-corrected chi connectivity index (χ1v) is 8.13. The first-order valence-electron chi connectivity index (χ1n) is 7.76. The summed E-state index contributed by atoms with van der Waals surface area (Å²) in [6, 6.07) is 13.0. The van der Waals surface area contributed by atoms with Crippen molar-refractivity contribution in [3.8, 4) is 11.5 Å². The van der Waals surface area contributed by atoms with Crippen LogP contribution >= 0.6 is 11.6 Å². The summed E-state index contributed by atoms with van der Waals surface area (Å²) in [6.45, 7) is 0.730. The molecule has 5 nitrogen and oxygen atoms in total. The number of carbonyl (C=O) groups is 1. The molecular weight excluding hydrogens is 328 g/mol. The van der Waals surface area contributed by atoms with Crippen molar-refractivity contribution in [1.29, 1.82) is 0 Å². The molecule has 0 fully saturated rings. The van der Waals surface area contributed by atoms with E-state index < -0.39 is 0 Å². The number of methoxy groups -OCH3 is 1. The summed E-state index contributed by atoms with van der Waals surface area (Å²) in [6.07, 6.45) is 0.753. The third kappa shape index (κ3) is 3.74. The van der Waals surface area contributed by atoms with Gasteiger partial charge >= 0.3 is 0 Å². The number of fused-ring (bicyclic) bond motifs is 1. The Morgan fingerprint density at radius 3 is 3.00 bits per heavy atom. The van der Waals surface area contributed by atoms with Gasteiger partial charge in [0.25, 0.3) is 0 Å². The number of para-hydroxylation sites is 1. The highest BCUT2D eigenvalue weighted by Gasteiger charge is 2.22. The van der Waals surface area contributed by atoms with Crippen molar-refractivity contribution in [3.63, 3.8) is 0 Å². The van der Waals surface area contributed by atoms with Crippen molar-refractivity contribution in [2.75, 3.05) is 25.6 Å². The Hall–Kier alpha value is -2.40. The molecule has 1 unspecified atom stereocenters. The van der Waals surface area contributed by atoms with Crippen molar-refractivity contribution < 1.29 is 14.3 Å². The Morgan fingerprint density at radius 2 is 2.17 bits per heavy atom. The lowest BCUT2D eigenvalue weighted by Gasteiger charge is -2.26. The second-order valence-corrected chi connectivity index (χ2v) is 5.93. The highest BCUT2D eigenvalue weighted by Crippen LogP contribution is 2.31. The molecule has 24 heavy (non-hydrogen) atoms. The Labute approximate surface area is 145 Å². The molecule has 0 aliphatic carbocycles. The quantitative estimate of drug-likeness (QED) is 0.871. The smallest absolute Gasteiger partial charge is 0.239 e. The highest BCUT2D eigenvalue weighted by atomic mass is 35.5. The van der Waals surface area contributed by atoms with Crippen LogP contribution in [0.15, 0.2) is 42.5 Å². The molecule has 2 aromatic carbocycles. The molecule has 0 bridgehead atoms. The number of hydrogen-bond acceptors (Lipinski definition) is 4. The van der Waals surface area contributed by atoms with Crippen molar-refractivity contribution >= 4 is 23.2 Å². The number of ether oxygens (including phenoxy) is 2. The number of carbonyl (C=O) groups excluding carboxylic acids is 1. The number of anilines is 1. The van der Waals surface area contributed by atoms with Crippen LogP contribution in [0.3, 0.4) is 0 Å². The summed E-state index contributed by atoms with van der Waals surface area (Å²) < 4.78 is 10.9. The predicted molar refractivity (Wildman–Crippen MR) is 93.9 cm³/mol. The summed E-state index contributed by atoms with van der Waals surface area (Å²) in [4.78, 5) is 12.3. The van der Waals surface area contributed by atoms with E-state index in [-0.39, 0.29) is 18.5 Å². The maximum absolute atomic E-state index is 12.3. The van der Waals surface area contributed by atoms with Gasteiger partial charge in [-0.25, -0.2) is 0 Å². The van der Waals surface area contributed by atoms with Crippen LogP contribution in [0.1, 0.15) is 18.0 Å². The van der Waals surface area contributed by atoms with Crippen molar-refractivity contribution in [2.24, 2.45) is 0 Å². The number of amides is 1. The summed E-state index contributed by atoms with van der Waals surface area (Å²) in [7, 11) is 1.58. The van der Waals surface area contributed by atoms with Gasteiger partial charge in [0.1, 0.15) is 11.5 Å². The van der Waals surface area contributed by atoms with E-state index in [1.807, 2.05) is 24.3 Å². The minimum absolute atomic E-state index is 0.0366. The lowest BCUT2D eigenvalue weighted by Crippen LogP contribution is -2.35. The van der Waals surface area contributed by atoms with Gasteiger partial charge in [-0.3, -0.25) is 4.79 Å². The lowest BCUT2D eigenvalue weighted by atomic mass is 10.0. The molecule has 1 aliphatic heterocycles. The number of nitrogens with one attached hydrogen (secondary N) is 2. The Bertz CT molecular complexity index is 736. The van der Waals surface area contributed by atoms with Gasteiger partial charge in [0.15, 0.2) is 0 Å². The van der Waals surface area contributed by atoms with Gasteiger partial charge in [-0.15, -0.1) is 0 Å². The van der Waals surface area contributed by atoms with Crippen LogP contribution < -0.4 is 20.1 Å². The molecule has 0 saturated heterocycles. The Kier molecular flexibility index (Phi) is 5.11. The van der Waals surface area contributed by atoms with Gasteiger partial charge in [0.2, 0.25) is 5.91 Å². The molecule has 0 saturated carbocycles. The van der Waals surface area contributed by atoms with Gasteiger partial charge in [-0.05, 0) is 24.3 Å². The fourth-order valence-corrected chi connectivity index (χ4v) is 2.90. The highest BCUT2D eigenvalue weighted by molar-refractivity contribution is 6.30. The van der Waals surface area contributed by atoms with Gasteiger partial charge in [0.05, 0.1) is 32.0 Å². The van der Waals surface area contributed by atoms with Crippen LogP contribution in [-0.4, -0.2) is 26.2 Å². The normalized spacial score (nSPS) is 15.8. The second kappa shape index (κ2) is 7.45. The third-order valence-corrected chi connectivity index (χ3v) is 4.13. The van der Waals surface area contributed by atoms with Crippen LogP contribution in [0, 0.1) is 0 Å². The molecule has 0 spiro atoms. The van der Waals surface area contributed by atoms with Gasteiger partial charge < -0.3 is 20.1 Å². The maximum atomic E-state index is 12.3. The van der Waals surface area contributed by atoms with E-state index in [9.17, 15) is 4.79 Å². The van der Waals surface area contributed by atoms with Crippen LogP contribution in [0.2, 0.25) is 5.02 Å². The summed E-state index contributed by atoms with van der Waals surface area (Å²) >= 11 is 5.99.